The molecule has 1 aromatic rings. The normalized spacial score (nSPS) is 19.7. The topological polar surface area (TPSA) is 21.3 Å². The van der Waals surface area contributed by atoms with Gasteiger partial charge in [0.1, 0.15) is 0 Å². The largest absolute Gasteiger partial charge is 0.379 e. The molecule has 0 amide bonds. The Morgan fingerprint density at radius 3 is 2.75 bits per heavy atom. The minimum absolute atomic E-state index is 0.345. The molecule has 0 spiro atoms. The maximum atomic E-state index is 5.71. The number of methoxy groups -OCH3 is 1. The molecular weight excluding hydrogens is 218 g/mol. The summed E-state index contributed by atoms with van der Waals surface area (Å²) in [6.45, 7) is 5.35. The molecule has 2 rings (SSSR count). The van der Waals surface area contributed by atoms with E-state index in [9.17, 15) is 0 Å². The summed E-state index contributed by atoms with van der Waals surface area (Å²) < 4.78 is 5.71. The predicted molar refractivity (Wildman–Crippen MR) is 69.0 cm³/mol. The zero-order valence-electron chi connectivity index (χ0n) is 10.3. The van der Waals surface area contributed by atoms with E-state index >= 15 is 0 Å². The fourth-order valence-corrected chi connectivity index (χ4v) is 3.34. The van der Waals surface area contributed by atoms with E-state index in [2.05, 4.69) is 30.6 Å². The van der Waals surface area contributed by atoms with Crippen LogP contribution in [0.2, 0.25) is 0 Å². The number of ether oxygens (including phenoxy) is 1. The summed E-state index contributed by atoms with van der Waals surface area (Å²) in [6.07, 6.45) is 2.99. The molecule has 1 fully saturated rings. The van der Waals surface area contributed by atoms with Crippen LogP contribution in [0.3, 0.4) is 0 Å². The highest BCUT2D eigenvalue weighted by atomic mass is 32.1. The molecule has 2 nitrogen and oxygen atoms in total. The van der Waals surface area contributed by atoms with Gasteiger partial charge in [0.2, 0.25) is 0 Å². The van der Waals surface area contributed by atoms with Crippen molar-refractivity contribution < 1.29 is 4.74 Å². The second-order valence-corrected chi connectivity index (χ2v) is 5.49. The van der Waals surface area contributed by atoms with Crippen LogP contribution < -0.4 is 5.32 Å². The van der Waals surface area contributed by atoms with Gasteiger partial charge in [0, 0.05) is 12.0 Å². The van der Waals surface area contributed by atoms with Gasteiger partial charge in [-0.1, -0.05) is 6.92 Å². The van der Waals surface area contributed by atoms with Crippen molar-refractivity contribution in [3.8, 4) is 0 Å². The number of hydrogen-bond donors (Lipinski definition) is 1. The van der Waals surface area contributed by atoms with Crippen LogP contribution in [0.4, 0.5) is 0 Å². The Balaban J connectivity index is 2.18. The summed E-state index contributed by atoms with van der Waals surface area (Å²) in [5.41, 5.74) is 1.39. The van der Waals surface area contributed by atoms with Crippen molar-refractivity contribution >= 4 is 11.3 Å². The van der Waals surface area contributed by atoms with E-state index in [1.807, 2.05) is 18.4 Å². The summed E-state index contributed by atoms with van der Waals surface area (Å²) in [6, 6.07) is 2.58. The molecule has 2 atom stereocenters. The maximum absolute atomic E-state index is 5.71. The second-order valence-electron chi connectivity index (χ2n) is 4.54. The zero-order valence-corrected chi connectivity index (χ0v) is 11.1. The van der Waals surface area contributed by atoms with E-state index in [1.165, 1.54) is 23.3 Å². The highest BCUT2D eigenvalue weighted by Crippen LogP contribution is 2.41. The van der Waals surface area contributed by atoms with Crippen LogP contribution >= 0.6 is 11.3 Å². The smallest absolute Gasteiger partial charge is 0.0802 e. The predicted octanol–water partition coefficient (Wildman–Crippen LogP) is 3.13. The molecular formula is C13H21NOS. The molecule has 90 valence electrons. The molecule has 2 unspecified atom stereocenters. The Kier molecular flexibility index (Phi) is 4.00. The molecule has 1 N–H and O–H groups in total. The lowest BCUT2D eigenvalue weighted by Crippen LogP contribution is -2.34. The van der Waals surface area contributed by atoms with Crippen molar-refractivity contribution in [2.45, 2.75) is 38.8 Å². The molecule has 1 aliphatic carbocycles. The Labute approximate surface area is 102 Å². The number of likely N-dealkylation sites (N-methyl/N-ethyl adjacent to an activating group) is 1. The molecule has 1 aromatic heterocycles. The van der Waals surface area contributed by atoms with Gasteiger partial charge in [0.15, 0.2) is 0 Å². The molecule has 16 heavy (non-hydrogen) atoms. The molecule has 1 saturated carbocycles. The number of hydrogen-bond acceptors (Lipinski definition) is 3. The molecule has 3 heteroatoms. The lowest BCUT2D eigenvalue weighted by molar-refractivity contribution is 0.0520. The van der Waals surface area contributed by atoms with Gasteiger partial charge in [0.05, 0.1) is 12.1 Å². The van der Waals surface area contributed by atoms with E-state index in [0.717, 1.165) is 12.5 Å². The van der Waals surface area contributed by atoms with Crippen LogP contribution in [0, 0.1) is 12.8 Å². The third kappa shape index (κ3) is 2.47. The molecule has 0 radical (unpaired) electrons. The van der Waals surface area contributed by atoms with Crippen LogP contribution in [0.15, 0.2) is 11.4 Å². The molecule has 0 aliphatic heterocycles. The molecule has 0 aromatic carbocycles. The van der Waals surface area contributed by atoms with E-state index < -0.39 is 0 Å². The van der Waals surface area contributed by atoms with Crippen molar-refractivity contribution in [3.05, 3.63) is 21.9 Å². The van der Waals surface area contributed by atoms with Crippen molar-refractivity contribution in [3.63, 3.8) is 0 Å². The molecule has 1 aliphatic rings. The van der Waals surface area contributed by atoms with Crippen LogP contribution in [0.1, 0.15) is 36.2 Å². The third-order valence-corrected chi connectivity index (χ3v) is 4.40. The first-order valence-electron chi connectivity index (χ1n) is 6.08. The zero-order chi connectivity index (χ0) is 11.5. The Bertz CT molecular complexity index is 332. The second kappa shape index (κ2) is 5.30. The van der Waals surface area contributed by atoms with Gasteiger partial charge >= 0.3 is 0 Å². The Morgan fingerprint density at radius 1 is 1.56 bits per heavy atom. The van der Waals surface area contributed by atoms with Crippen molar-refractivity contribution in [1.29, 1.82) is 0 Å². The van der Waals surface area contributed by atoms with E-state index in [1.54, 1.807) is 0 Å². The minimum atomic E-state index is 0.345. The van der Waals surface area contributed by atoms with Gasteiger partial charge in [-0.15, -0.1) is 11.3 Å². The first-order valence-corrected chi connectivity index (χ1v) is 6.96. The number of nitrogens with one attached hydrogen (secondary N) is 1. The standard InChI is InChI=1S/C13H21NOS/c1-4-14-11(12(15-3)10-5-6-10)13-9(2)7-8-16-13/h7-8,10-12,14H,4-6H2,1-3H3. The number of aryl methyl sites for hydroxylation is 1. The highest BCUT2D eigenvalue weighted by molar-refractivity contribution is 7.10. The monoisotopic (exact) mass is 239 g/mol. The Morgan fingerprint density at radius 2 is 2.31 bits per heavy atom. The number of thiophene rings is 1. The third-order valence-electron chi connectivity index (χ3n) is 3.30. The van der Waals surface area contributed by atoms with Gasteiger partial charge < -0.3 is 10.1 Å². The first kappa shape index (κ1) is 12.1. The summed E-state index contributed by atoms with van der Waals surface area (Å²) in [7, 11) is 1.84. The van der Waals surface area contributed by atoms with Gasteiger partial charge in [-0.3, -0.25) is 0 Å². The molecule has 0 saturated heterocycles. The lowest BCUT2D eigenvalue weighted by atomic mass is 10.0. The Hall–Kier alpha value is -0.380. The highest BCUT2D eigenvalue weighted by Gasteiger charge is 2.38. The molecule has 0 bridgehead atoms. The maximum Gasteiger partial charge on any atom is 0.0802 e. The quantitative estimate of drug-likeness (QED) is 0.823. The van der Waals surface area contributed by atoms with Gasteiger partial charge in [-0.2, -0.15) is 0 Å². The summed E-state index contributed by atoms with van der Waals surface area (Å²) in [5.74, 6) is 0.760. The van der Waals surface area contributed by atoms with E-state index in [4.69, 9.17) is 4.74 Å². The van der Waals surface area contributed by atoms with E-state index in [0.29, 0.717) is 12.1 Å². The SMILES string of the molecule is CCNC(c1sccc1C)C(OC)C1CC1. The van der Waals surface area contributed by atoms with Crippen LogP contribution in [0.5, 0.6) is 0 Å². The average Bonchev–Trinajstić information content (AvgIpc) is 3.01. The average molecular weight is 239 g/mol. The van der Waals surface area contributed by atoms with Gasteiger partial charge in [-0.05, 0) is 49.2 Å². The summed E-state index contributed by atoms with van der Waals surface area (Å²) >= 11 is 1.84. The van der Waals surface area contributed by atoms with Crippen LogP contribution in [-0.2, 0) is 4.74 Å². The molecule has 1 heterocycles. The van der Waals surface area contributed by atoms with Crippen molar-refractivity contribution in [2.75, 3.05) is 13.7 Å². The van der Waals surface area contributed by atoms with Crippen molar-refractivity contribution in [1.82, 2.24) is 5.32 Å². The number of rotatable bonds is 6. The van der Waals surface area contributed by atoms with Crippen molar-refractivity contribution in [2.24, 2.45) is 5.92 Å². The van der Waals surface area contributed by atoms with Crippen LogP contribution in [-0.4, -0.2) is 19.8 Å². The van der Waals surface area contributed by atoms with Gasteiger partial charge in [-0.25, -0.2) is 0 Å². The fourth-order valence-electron chi connectivity index (χ4n) is 2.31. The fraction of sp³-hybridized carbons (Fsp3) is 0.692. The lowest BCUT2D eigenvalue weighted by Gasteiger charge is -2.26. The van der Waals surface area contributed by atoms with Gasteiger partial charge in [0.25, 0.3) is 0 Å². The minimum Gasteiger partial charge on any atom is -0.379 e. The first-order chi connectivity index (χ1) is 7.77. The van der Waals surface area contributed by atoms with E-state index in [-0.39, 0.29) is 0 Å². The summed E-state index contributed by atoms with van der Waals surface area (Å²) in [5, 5.41) is 5.76. The van der Waals surface area contributed by atoms with Crippen LogP contribution in [0.25, 0.3) is 0 Å². The summed E-state index contributed by atoms with van der Waals surface area (Å²) in [4.78, 5) is 1.45.